The maximum Gasteiger partial charge on any atom is 0.277 e. The van der Waals surface area contributed by atoms with Crippen molar-refractivity contribution >= 4 is 34.9 Å². The first-order valence-corrected chi connectivity index (χ1v) is 10.2. The Morgan fingerprint density at radius 2 is 1.71 bits per heavy atom. The van der Waals surface area contributed by atoms with Gasteiger partial charge in [0.2, 0.25) is 0 Å². The van der Waals surface area contributed by atoms with E-state index in [1.54, 1.807) is 52.1 Å². The number of para-hydroxylation sites is 1. The predicted molar refractivity (Wildman–Crippen MR) is 120 cm³/mol. The third-order valence-corrected chi connectivity index (χ3v) is 5.29. The first-order valence-electron chi connectivity index (χ1n) is 9.49. The van der Waals surface area contributed by atoms with Crippen molar-refractivity contribution < 1.29 is 9.53 Å². The monoisotopic (exact) mass is 455 g/mol. The molecule has 0 aliphatic rings. The van der Waals surface area contributed by atoms with Gasteiger partial charge in [-0.3, -0.25) is 9.48 Å². The first-order chi connectivity index (χ1) is 15.0. The maximum absolute atomic E-state index is 12.5. The lowest BCUT2D eigenvalue weighted by molar-refractivity contribution is 0.101. The minimum absolute atomic E-state index is 0.200. The second-order valence-electron chi connectivity index (χ2n) is 6.83. The van der Waals surface area contributed by atoms with Crippen molar-refractivity contribution in [1.82, 2.24) is 19.6 Å². The Balaban J connectivity index is 1.36. The predicted octanol–water partition coefficient (Wildman–Crippen LogP) is 5.03. The number of halogens is 2. The Labute approximate surface area is 189 Å². The molecule has 0 fully saturated rings. The van der Waals surface area contributed by atoms with E-state index in [1.807, 2.05) is 31.2 Å². The number of carbonyl (C=O) groups excluding carboxylic acids is 1. The van der Waals surface area contributed by atoms with Crippen LogP contribution in [0.2, 0.25) is 10.0 Å². The average Bonchev–Trinajstić information content (AvgIpc) is 3.40. The number of anilines is 1. The summed E-state index contributed by atoms with van der Waals surface area (Å²) in [7, 11) is 0. The lowest BCUT2D eigenvalue weighted by Crippen LogP contribution is -2.15. The molecule has 0 saturated heterocycles. The Morgan fingerprint density at radius 3 is 2.48 bits per heavy atom. The fourth-order valence-corrected chi connectivity index (χ4v) is 3.47. The largest absolute Gasteiger partial charge is 0.471 e. The van der Waals surface area contributed by atoms with Crippen molar-refractivity contribution in [2.24, 2.45) is 0 Å². The molecule has 158 valence electrons. The van der Waals surface area contributed by atoms with Crippen molar-refractivity contribution in [1.29, 1.82) is 0 Å². The van der Waals surface area contributed by atoms with Crippen molar-refractivity contribution in [2.75, 3.05) is 5.32 Å². The van der Waals surface area contributed by atoms with Gasteiger partial charge in [0.15, 0.2) is 18.2 Å². The minimum atomic E-state index is -0.365. The van der Waals surface area contributed by atoms with Crippen LogP contribution in [0.3, 0.4) is 0 Å². The zero-order chi connectivity index (χ0) is 21.8. The molecule has 2 aromatic carbocycles. The van der Waals surface area contributed by atoms with E-state index in [1.165, 1.54) is 0 Å². The van der Waals surface area contributed by atoms with Gasteiger partial charge in [0.25, 0.3) is 5.91 Å². The second-order valence-corrected chi connectivity index (χ2v) is 7.65. The number of aromatic nitrogens is 4. The Kier molecular flexibility index (Phi) is 6.25. The Morgan fingerprint density at radius 1 is 0.968 bits per heavy atom. The van der Waals surface area contributed by atoms with E-state index in [0.717, 1.165) is 16.9 Å². The van der Waals surface area contributed by atoms with Gasteiger partial charge in [-0.2, -0.15) is 10.2 Å². The number of rotatable bonds is 7. The third kappa shape index (κ3) is 5.07. The summed E-state index contributed by atoms with van der Waals surface area (Å²) in [6.07, 6.45) is 3.43. The number of hydrogen-bond acceptors (Lipinski definition) is 4. The number of aryl methyl sites for hydroxylation is 1. The smallest absolute Gasteiger partial charge is 0.277 e. The standard InChI is InChI=1S/C22H19Cl2N5O2/c1-15-5-2-3-8-20(15)31-14-29-11-9-19(26-29)22(30)25-21-10-12-28(27-21)13-16-17(23)6-4-7-18(16)24/h2-12H,13-14H2,1H3,(H,25,27,30). The molecular formula is C22H19Cl2N5O2. The van der Waals surface area contributed by atoms with Crippen molar-refractivity contribution in [3.63, 3.8) is 0 Å². The van der Waals surface area contributed by atoms with Gasteiger partial charge in [-0.05, 0) is 36.8 Å². The van der Waals surface area contributed by atoms with Crippen LogP contribution in [0.1, 0.15) is 21.6 Å². The van der Waals surface area contributed by atoms with Crippen molar-refractivity contribution in [3.8, 4) is 5.75 Å². The number of hydrogen-bond donors (Lipinski definition) is 1. The molecule has 4 aromatic rings. The average molecular weight is 456 g/mol. The van der Waals surface area contributed by atoms with Gasteiger partial charge in [-0.1, -0.05) is 47.5 Å². The Bertz CT molecular complexity index is 1200. The quantitative estimate of drug-likeness (QED) is 0.423. The van der Waals surface area contributed by atoms with Crippen LogP contribution in [0.5, 0.6) is 5.75 Å². The van der Waals surface area contributed by atoms with E-state index in [-0.39, 0.29) is 18.3 Å². The molecule has 0 saturated carbocycles. The van der Waals surface area contributed by atoms with Crippen LogP contribution in [-0.2, 0) is 13.3 Å². The minimum Gasteiger partial charge on any atom is -0.471 e. The van der Waals surface area contributed by atoms with Crippen molar-refractivity contribution in [3.05, 3.63) is 93.9 Å². The molecular weight excluding hydrogens is 437 g/mol. The SMILES string of the molecule is Cc1ccccc1OCn1ccc(C(=O)Nc2ccn(Cc3c(Cl)cccc3Cl)n2)n1. The summed E-state index contributed by atoms with van der Waals surface area (Å²) in [6, 6.07) is 16.4. The number of nitrogens with one attached hydrogen (secondary N) is 1. The van der Waals surface area contributed by atoms with Crippen molar-refractivity contribution in [2.45, 2.75) is 20.2 Å². The highest BCUT2D eigenvalue weighted by Gasteiger charge is 2.13. The van der Waals surface area contributed by atoms with Gasteiger partial charge in [0, 0.05) is 34.1 Å². The van der Waals surface area contributed by atoms with Crippen LogP contribution in [0.4, 0.5) is 5.82 Å². The van der Waals surface area contributed by atoms with Crippen LogP contribution in [-0.4, -0.2) is 25.5 Å². The normalized spacial score (nSPS) is 10.8. The van der Waals surface area contributed by atoms with E-state index < -0.39 is 0 Å². The molecule has 4 rings (SSSR count). The highest BCUT2D eigenvalue weighted by Crippen LogP contribution is 2.25. The van der Waals surface area contributed by atoms with Crippen LogP contribution in [0.25, 0.3) is 0 Å². The van der Waals surface area contributed by atoms with Gasteiger partial charge < -0.3 is 10.1 Å². The molecule has 0 unspecified atom stereocenters. The molecule has 0 radical (unpaired) electrons. The van der Waals surface area contributed by atoms with Gasteiger partial charge in [0.05, 0.1) is 6.54 Å². The summed E-state index contributed by atoms with van der Waals surface area (Å²) in [5.74, 6) is 0.808. The molecule has 0 atom stereocenters. The number of amides is 1. The molecule has 0 bridgehead atoms. The highest BCUT2D eigenvalue weighted by molar-refractivity contribution is 6.35. The van der Waals surface area contributed by atoms with E-state index >= 15 is 0 Å². The summed E-state index contributed by atoms with van der Waals surface area (Å²) in [5, 5.41) is 12.5. The van der Waals surface area contributed by atoms with E-state index in [4.69, 9.17) is 27.9 Å². The van der Waals surface area contributed by atoms with E-state index in [0.29, 0.717) is 22.4 Å². The number of benzene rings is 2. The molecule has 1 amide bonds. The van der Waals surface area contributed by atoms with Crippen LogP contribution >= 0.6 is 23.2 Å². The fourth-order valence-electron chi connectivity index (χ4n) is 2.95. The lowest BCUT2D eigenvalue weighted by Gasteiger charge is -2.08. The van der Waals surface area contributed by atoms with Crippen LogP contribution in [0.15, 0.2) is 67.0 Å². The second kappa shape index (κ2) is 9.24. The fraction of sp³-hybridized carbons (Fsp3) is 0.136. The summed E-state index contributed by atoms with van der Waals surface area (Å²) in [6.45, 7) is 2.56. The highest BCUT2D eigenvalue weighted by atomic mass is 35.5. The van der Waals surface area contributed by atoms with Crippen LogP contribution in [0, 0.1) is 6.92 Å². The zero-order valence-electron chi connectivity index (χ0n) is 16.6. The molecule has 31 heavy (non-hydrogen) atoms. The molecule has 1 N–H and O–H groups in total. The maximum atomic E-state index is 12.5. The van der Waals surface area contributed by atoms with Gasteiger partial charge in [-0.15, -0.1) is 0 Å². The summed E-state index contributed by atoms with van der Waals surface area (Å²) < 4.78 is 8.95. The number of carbonyl (C=O) groups is 1. The number of ether oxygens (including phenoxy) is 1. The summed E-state index contributed by atoms with van der Waals surface area (Å²) >= 11 is 12.4. The molecule has 0 aliphatic carbocycles. The molecule has 2 aromatic heterocycles. The third-order valence-electron chi connectivity index (χ3n) is 4.58. The molecule has 7 nitrogen and oxygen atoms in total. The van der Waals surface area contributed by atoms with Gasteiger partial charge in [0.1, 0.15) is 5.75 Å². The van der Waals surface area contributed by atoms with E-state index in [2.05, 4.69) is 15.5 Å². The van der Waals surface area contributed by atoms with Gasteiger partial charge in [-0.25, -0.2) is 4.68 Å². The molecule has 0 spiro atoms. The van der Waals surface area contributed by atoms with Gasteiger partial charge >= 0.3 is 0 Å². The first kappa shape index (κ1) is 21.0. The van der Waals surface area contributed by atoms with E-state index in [9.17, 15) is 4.79 Å². The molecule has 0 aliphatic heterocycles. The summed E-state index contributed by atoms with van der Waals surface area (Å²) in [5.41, 5.74) is 2.05. The zero-order valence-corrected chi connectivity index (χ0v) is 18.1. The Hall–Kier alpha value is -3.29. The summed E-state index contributed by atoms with van der Waals surface area (Å²) in [4.78, 5) is 12.5. The lowest BCUT2D eigenvalue weighted by atomic mass is 10.2. The molecule has 2 heterocycles. The van der Waals surface area contributed by atoms with Crippen LogP contribution < -0.4 is 10.1 Å². The number of nitrogens with zero attached hydrogens (tertiary/aromatic N) is 4. The molecule has 9 heteroatoms. The topological polar surface area (TPSA) is 74.0 Å².